The molecule has 0 aliphatic heterocycles. The largest absolute Gasteiger partial charge is 0.358 e. The molecule has 0 saturated heterocycles. The van der Waals surface area contributed by atoms with Gasteiger partial charge in [0.15, 0.2) is 4.34 Å². The quantitative estimate of drug-likeness (QED) is 0.785. The Morgan fingerprint density at radius 2 is 2.14 bits per heavy atom. The summed E-state index contributed by atoms with van der Waals surface area (Å²) >= 11 is 2.96. The Morgan fingerprint density at radius 3 is 2.86 bits per heavy atom. The van der Waals surface area contributed by atoms with Crippen LogP contribution in [0.15, 0.2) is 4.34 Å². The predicted octanol–water partition coefficient (Wildman–Crippen LogP) is 3.15. The summed E-state index contributed by atoms with van der Waals surface area (Å²) in [6.45, 7) is 6.35. The van der Waals surface area contributed by atoms with E-state index in [1.165, 1.54) is 42.4 Å². The Balaban J connectivity index is 1.74. The molecule has 7 heteroatoms. The number of nitrogens with one attached hydrogen (secondary N) is 2. The van der Waals surface area contributed by atoms with E-state index < -0.39 is 0 Å². The number of amides is 1. The molecule has 1 saturated carbocycles. The van der Waals surface area contributed by atoms with Crippen molar-refractivity contribution in [2.45, 2.75) is 62.9 Å². The number of hydrogen-bond donors (Lipinski definition) is 2. The second-order valence-electron chi connectivity index (χ2n) is 5.90. The normalized spacial score (nSPS) is 22.3. The van der Waals surface area contributed by atoms with Crippen LogP contribution in [0.1, 0.15) is 46.5 Å². The first-order valence-electron chi connectivity index (χ1n) is 7.57. The fraction of sp³-hybridized carbons (Fsp3) is 0.786. The lowest BCUT2D eigenvalue weighted by atomic mass is 9.86. The van der Waals surface area contributed by atoms with Gasteiger partial charge < -0.3 is 10.6 Å². The van der Waals surface area contributed by atoms with Crippen LogP contribution < -0.4 is 10.6 Å². The first-order chi connectivity index (χ1) is 10.0. The summed E-state index contributed by atoms with van der Waals surface area (Å²) in [5.41, 5.74) is 0. The molecule has 2 N–H and O–H groups in total. The van der Waals surface area contributed by atoms with Crippen LogP contribution in [0.2, 0.25) is 0 Å². The van der Waals surface area contributed by atoms with Crippen LogP contribution in [-0.2, 0) is 4.79 Å². The van der Waals surface area contributed by atoms with Crippen molar-refractivity contribution in [1.82, 2.24) is 15.5 Å². The van der Waals surface area contributed by atoms with Crippen molar-refractivity contribution in [1.29, 1.82) is 0 Å². The summed E-state index contributed by atoms with van der Waals surface area (Å²) in [5, 5.41) is 15.3. The van der Waals surface area contributed by atoms with E-state index in [9.17, 15) is 4.79 Å². The third kappa shape index (κ3) is 5.47. The maximum atomic E-state index is 12.0. The number of hydrogen-bond acceptors (Lipinski definition) is 6. The van der Waals surface area contributed by atoms with Crippen LogP contribution >= 0.6 is 23.1 Å². The third-order valence-electron chi connectivity index (χ3n) is 3.60. The van der Waals surface area contributed by atoms with Gasteiger partial charge in [-0.3, -0.25) is 4.79 Å². The van der Waals surface area contributed by atoms with E-state index in [0.29, 0.717) is 23.8 Å². The minimum atomic E-state index is 0.104. The predicted molar refractivity (Wildman–Crippen MR) is 89.0 cm³/mol. The molecule has 1 aliphatic rings. The van der Waals surface area contributed by atoms with Crippen molar-refractivity contribution in [3.63, 3.8) is 0 Å². The number of carbonyl (C=O) groups excluding carboxylic acids is 1. The van der Waals surface area contributed by atoms with Crippen LogP contribution in [0.25, 0.3) is 0 Å². The second kappa shape index (κ2) is 7.98. The van der Waals surface area contributed by atoms with Crippen LogP contribution in [-0.4, -0.2) is 33.9 Å². The fourth-order valence-electron chi connectivity index (χ4n) is 2.48. The highest BCUT2D eigenvalue weighted by atomic mass is 32.2. The van der Waals surface area contributed by atoms with E-state index in [-0.39, 0.29) is 5.91 Å². The summed E-state index contributed by atoms with van der Waals surface area (Å²) in [6.07, 6.45) is 4.85. The van der Waals surface area contributed by atoms with Crippen molar-refractivity contribution in [3.8, 4) is 0 Å². The molecule has 0 spiro atoms. The molecule has 1 aromatic heterocycles. The molecule has 0 aromatic carbocycles. The van der Waals surface area contributed by atoms with Crippen molar-refractivity contribution in [2.24, 2.45) is 5.92 Å². The zero-order valence-corrected chi connectivity index (χ0v) is 14.5. The zero-order chi connectivity index (χ0) is 15.2. The Hall–Kier alpha value is -0.820. The number of carbonyl (C=O) groups is 1. The maximum absolute atomic E-state index is 12.0. The van der Waals surface area contributed by atoms with Gasteiger partial charge in [-0.15, -0.1) is 10.2 Å². The molecule has 1 heterocycles. The minimum absolute atomic E-state index is 0.104. The monoisotopic (exact) mass is 328 g/mol. The molecule has 0 bridgehead atoms. The molecule has 5 nitrogen and oxygen atoms in total. The fourth-order valence-corrected chi connectivity index (χ4v) is 4.19. The molecule has 0 radical (unpaired) electrons. The van der Waals surface area contributed by atoms with E-state index in [2.05, 4.69) is 41.6 Å². The van der Waals surface area contributed by atoms with Crippen LogP contribution in [0.3, 0.4) is 0 Å². The zero-order valence-electron chi connectivity index (χ0n) is 12.9. The topological polar surface area (TPSA) is 66.9 Å². The standard InChI is InChI=1S/C14H24N4OS2/c1-9(2)15-13-17-18-14(21-13)20-8-12(19)16-11-7-5-4-6-10(11)3/h9-11H,4-8H2,1-3H3,(H,15,17)(H,16,19)/t10-,11+/m1/s1. The second-order valence-corrected chi connectivity index (χ2v) is 8.10. The summed E-state index contributed by atoms with van der Waals surface area (Å²) < 4.78 is 0.838. The first kappa shape index (κ1) is 16.5. The van der Waals surface area contributed by atoms with Crippen molar-refractivity contribution in [2.75, 3.05) is 11.1 Å². The van der Waals surface area contributed by atoms with Crippen LogP contribution in [0.4, 0.5) is 5.13 Å². The molecule has 0 unspecified atom stereocenters. The molecule has 1 fully saturated rings. The number of nitrogens with zero attached hydrogens (tertiary/aromatic N) is 2. The Morgan fingerprint density at radius 1 is 1.38 bits per heavy atom. The minimum Gasteiger partial charge on any atom is -0.358 e. The molecular weight excluding hydrogens is 304 g/mol. The van der Waals surface area contributed by atoms with E-state index in [0.717, 1.165) is 15.9 Å². The van der Waals surface area contributed by atoms with Gasteiger partial charge in [0.1, 0.15) is 0 Å². The molecule has 2 atom stereocenters. The van der Waals surface area contributed by atoms with Gasteiger partial charge in [0.25, 0.3) is 0 Å². The summed E-state index contributed by atoms with van der Waals surface area (Å²) in [4.78, 5) is 12.0. The molecular formula is C14H24N4OS2. The smallest absolute Gasteiger partial charge is 0.230 e. The average Bonchev–Trinajstić information content (AvgIpc) is 2.86. The van der Waals surface area contributed by atoms with E-state index in [1.807, 2.05) is 0 Å². The van der Waals surface area contributed by atoms with Crippen LogP contribution in [0.5, 0.6) is 0 Å². The Labute approximate surface area is 134 Å². The highest BCUT2D eigenvalue weighted by Crippen LogP contribution is 2.26. The van der Waals surface area contributed by atoms with Gasteiger partial charge in [0.2, 0.25) is 11.0 Å². The molecule has 1 amide bonds. The average molecular weight is 329 g/mol. The first-order valence-corrected chi connectivity index (χ1v) is 9.37. The summed E-state index contributed by atoms with van der Waals surface area (Å²) in [5.74, 6) is 1.11. The van der Waals surface area contributed by atoms with Gasteiger partial charge in [-0.2, -0.15) is 0 Å². The number of rotatable bonds is 6. The van der Waals surface area contributed by atoms with E-state index in [4.69, 9.17) is 0 Å². The van der Waals surface area contributed by atoms with Crippen molar-refractivity contribution >= 4 is 34.1 Å². The lowest BCUT2D eigenvalue weighted by Gasteiger charge is -2.29. The van der Waals surface area contributed by atoms with Gasteiger partial charge in [0.05, 0.1) is 5.75 Å². The van der Waals surface area contributed by atoms with Gasteiger partial charge in [-0.05, 0) is 32.6 Å². The molecule has 1 aliphatic carbocycles. The third-order valence-corrected chi connectivity index (χ3v) is 5.59. The van der Waals surface area contributed by atoms with Gasteiger partial charge in [-0.25, -0.2) is 0 Å². The summed E-state index contributed by atoms with van der Waals surface area (Å²) in [6, 6.07) is 0.686. The van der Waals surface area contributed by atoms with Crippen molar-refractivity contribution < 1.29 is 4.79 Å². The molecule has 118 valence electrons. The lowest BCUT2D eigenvalue weighted by Crippen LogP contribution is -2.41. The SMILES string of the molecule is CC(C)Nc1nnc(SCC(=O)N[C@H]2CCCC[C@H]2C)s1. The Bertz CT molecular complexity index is 464. The number of anilines is 1. The lowest BCUT2D eigenvalue weighted by molar-refractivity contribution is -0.119. The van der Waals surface area contributed by atoms with Gasteiger partial charge in [-0.1, -0.05) is 42.9 Å². The molecule has 21 heavy (non-hydrogen) atoms. The maximum Gasteiger partial charge on any atom is 0.230 e. The number of aromatic nitrogens is 2. The molecule has 1 aromatic rings. The van der Waals surface area contributed by atoms with E-state index in [1.54, 1.807) is 0 Å². The van der Waals surface area contributed by atoms with Gasteiger partial charge >= 0.3 is 0 Å². The molecule has 2 rings (SSSR count). The Kier molecular flexibility index (Phi) is 6.29. The highest BCUT2D eigenvalue weighted by molar-refractivity contribution is 8.01. The van der Waals surface area contributed by atoms with E-state index >= 15 is 0 Å². The summed E-state index contributed by atoms with van der Waals surface area (Å²) in [7, 11) is 0. The van der Waals surface area contributed by atoms with Gasteiger partial charge in [0, 0.05) is 12.1 Å². The van der Waals surface area contributed by atoms with Crippen LogP contribution in [0, 0.1) is 5.92 Å². The highest BCUT2D eigenvalue weighted by Gasteiger charge is 2.22. The van der Waals surface area contributed by atoms with Crippen molar-refractivity contribution in [3.05, 3.63) is 0 Å². The number of thioether (sulfide) groups is 1.